The zero-order valence-corrected chi connectivity index (χ0v) is 14.0. The molecule has 0 unspecified atom stereocenters. The zero-order valence-electron chi connectivity index (χ0n) is 12.4. The SMILES string of the molecule is CN(C)c1cnn(CC2(CBr)CCCCCC2)c(=O)c1. The number of halogens is 1. The van der Waals surface area contributed by atoms with Crippen LogP contribution in [0.2, 0.25) is 0 Å². The van der Waals surface area contributed by atoms with Crippen LogP contribution >= 0.6 is 15.9 Å². The van der Waals surface area contributed by atoms with Crippen molar-refractivity contribution in [1.29, 1.82) is 0 Å². The second kappa shape index (κ2) is 6.74. The summed E-state index contributed by atoms with van der Waals surface area (Å²) < 4.78 is 1.64. The minimum Gasteiger partial charge on any atom is -0.376 e. The van der Waals surface area contributed by atoms with Crippen molar-refractivity contribution in [2.75, 3.05) is 24.3 Å². The summed E-state index contributed by atoms with van der Waals surface area (Å²) in [7, 11) is 3.85. The number of nitrogens with zero attached hydrogens (tertiary/aromatic N) is 3. The molecule has 2 rings (SSSR count). The van der Waals surface area contributed by atoms with Gasteiger partial charge in [-0.05, 0) is 18.3 Å². The van der Waals surface area contributed by atoms with E-state index >= 15 is 0 Å². The van der Waals surface area contributed by atoms with Crippen LogP contribution in [-0.4, -0.2) is 29.2 Å². The minimum absolute atomic E-state index is 0.000715. The summed E-state index contributed by atoms with van der Waals surface area (Å²) in [5.41, 5.74) is 1.05. The van der Waals surface area contributed by atoms with Crippen LogP contribution < -0.4 is 10.5 Å². The van der Waals surface area contributed by atoms with Gasteiger partial charge in [-0.2, -0.15) is 5.10 Å². The van der Waals surface area contributed by atoms with Gasteiger partial charge >= 0.3 is 0 Å². The van der Waals surface area contributed by atoms with Gasteiger partial charge in [-0.15, -0.1) is 0 Å². The van der Waals surface area contributed by atoms with Crippen LogP contribution in [0.1, 0.15) is 38.5 Å². The predicted octanol–water partition coefficient (Wildman–Crippen LogP) is 3.04. The van der Waals surface area contributed by atoms with Crippen molar-refractivity contribution in [3.8, 4) is 0 Å². The molecule has 0 amide bonds. The Hall–Kier alpha value is -0.840. The first-order valence-corrected chi connectivity index (χ1v) is 8.49. The Labute approximate surface area is 129 Å². The normalized spacial score (nSPS) is 18.6. The third kappa shape index (κ3) is 3.62. The molecule has 5 heteroatoms. The van der Waals surface area contributed by atoms with E-state index in [1.165, 1.54) is 38.5 Å². The number of hydrogen-bond acceptors (Lipinski definition) is 3. The average molecular weight is 342 g/mol. The van der Waals surface area contributed by atoms with Crippen LogP contribution in [0.5, 0.6) is 0 Å². The quantitative estimate of drug-likeness (QED) is 0.624. The Kier molecular flexibility index (Phi) is 5.24. The van der Waals surface area contributed by atoms with E-state index in [9.17, 15) is 4.79 Å². The molecule has 0 spiro atoms. The number of hydrogen-bond donors (Lipinski definition) is 0. The van der Waals surface area contributed by atoms with Crippen molar-refractivity contribution in [3.05, 3.63) is 22.6 Å². The third-order valence-electron chi connectivity index (χ3n) is 4.30. The molecule has 0 radical (unpaired) electrons. The maximum atomic E-state index is 12.2. The molecule has 1 aromatic rings. The van der Waals surface area contributed by atoms with Gasteiger partial charge in [0.05, 0.1) is 18.4 Å². The summed E-state index contributed by atoms with van der Waals surface area (Å²) in [6.45, 7) is 0.727. The van der Waals surface area contributed by atoms with Crippen LogP contribution in [0, 0.1) is 5.41 Å². The van der Waals surface area contributed by atoms with Gasteiger partial charge in [0, 0.05) is 25.5 Å². The molecule has 1 aliphatic carbocycles. The van der Waals surface area contributed by atoms with Gasteiger partial charge in [-0.25, -0.2) is 4.68 Å². The van der Waals surface area contributed by atoms with E-state index in [0.29, 0.717) is 0 Å². The van der Waals surface area contributed by atoms with Crippen molar-refractivity contribution >= 4 is 21.6 Å². The molecule has 0 bridgehead atoms. The molecule has 112 valence electrons. The van der Waals surface area contributed by atoms with Crippen LogP contribution in [0.3, 0.4) is 0 Å². The van der Waals surface area contributed by atoms with Gasteiger partial charge in [0.15, 0.2) is 0 Å². The standard InChI is InChI=1S/C15H24BrN3O/c1-18(2)13-9-14(20)19(17-10-13)12-15(11-16)7-5-3-4-6-8-15/h9-10H,3-8,11-12H2,1-2H3. The predicted molar refractivity (Wildman–Crippen MR) is 86.8 cm³/mol. The lowest BCUT2D eigenvalue weighted by Gasteiger charge is -2.30. The Balaban J connectivity index is 2.21. The Bertz CT molecular complexity index is 490. The van der Waals surface area contributed by atoms with Gasteiger partial charge in [-0.3, -0.25) is 4.79 Å². The molecule has 1 fully saturated rings. The second-order valence-electron chi connectivity index (χ2n) is 6.15. The Morgan fingerprint density at radius 2 is 1.95 bits per heavy atom. The van der Waals surface area contributed by atoms with Crippen molar-refractivity contribution in [2.45, 2.75) is 45.1 Å². The number of rotatable bonds is 4. The maximum Gasteiger partial charge on any atom is 0.268 e. The fraction of sp³-hybridized carbons (Fsp3) is 0.733. The van der Waals surface area contributed by atoms with E-state index in [0.717, 1.165) is 17.6 Å². The lowest BCUT2D eigenvalue weighted by molar-refractivity contribution is 0.227. The van der Waals surface area contributed by atoms with E-state index in [4.69, 9.17) is 0 Å². The summed E-state index contributed by atoms with van der Waals surface area (Å²) >= 11 is 3.67. The molecule has 4 nitrogen and oxygen atoms in total. The number of aromatic nitrogens is 2. The first-order chi connectivity index (χ1) is 9.56. The van der Waals surface area contributed by atoms with E-state index in [1.807, 2.05) is 19.0 Å². The Morgan fingerprint density at radius 3 is 2.45 bits per heavy atom. The molecule has 1 aromatic heterocycles. The molecule has 0 aliphatic heterocycles. The summed E-state index contributed by atoms with van der Waals surface area (Å²) in [6.07, 6.45) is 9.29. The summed E-state index contributed by atoms with van der Waals surface area (Å²) in [4.78, 5) is 14.1. The van der Waals surface area contributed by atoms with Crippen LogP contribution in [0.25, 0.3) is 0 Å². The maximum absolute atomic E-state index is 12.2. The topological polar surface area (TPSA) is 38.1 Å². The lowest BCUT2D eigenvalue weighted by Crippen LogP contribution is -2.35. The van der Waals surface area contributed by atoms with Crippen LogP contribution in [-0.2, 0) is 6.54 Å². The number of anilines is 1. The first-order valence-electron chi connectivity index (χ1n) is 7.37. The third-order valence-corrected chi connectivity index (χ3v) is 5.49. The Morgan fingerprint density at radius 1 is 1.30 bits per heavy atom. The molecule has 1 aliphatic rings. The highest BCUT2D eigenvalue weighted by molar-refractivity contribution is 9.09. The van der Waals surface area contributed by atoms with Gasteiger partial charge in [0.25, 0.3) is 5.56 Å². The molecule has 0 atom stereocenters. The largest absolute Gasteiger partial charge is 0.376 e. The molecule has 20 heavy (non-hydrogen) atoms. The van der Waals surface area contributed by atoms with Gasteiger partial charge in [0.2, 0.25) is 0 Å². The average Bonchev–Trinajstić information content (AvgIpc) is 2.67. The first kappa shape index (κ1) is 15.5. The highest BCUT2D eigenvalue weighted by Crippen LogP contribution is 2.37. The highest BCUT2D eigenvalue weighted by Gasteiger charge is 2.31. The monoisotopic (exact) mass is 341 g/mol. The van der Waals surface area contributed by atoms with Crippen LogP contribution in [0.15, 0.2) is 17.1 Å². The summed E-state index contributed by atoms with van der Waals surface area (Å²) in [6, 6.07) is 1.67. The smallest absolute Gasteiger partial charge is 0.268 e. The van der Waals surface area contributed by atoms with E-state index < -0.39 is 0 Å². The van der Waals surface area contributed by atoms with Crippen molar-refractivity contribution in [1.82, 2.24) is 9.78 Å². The lowest BCUT2D eigenvalue weighted by atomic mass is 9.82. The molecular formula is C15H24BrN3O. The molecule has 0 N–H and O–H groups in total. The van der Waals surface area contributed by atoms with Gasteiger partial charge in [0.1, 0.15) is 0 Å². The fourth-order valence-electron chi connectivity index (χ4n) is 2.92. The van der Waals surface area contributed by atoms with E-state index in [1.54, 1.807) is 16.9 Å². The molecule has 0 aromatic carbocycles. The van der Waals surface area contributed by atoms with Crippen molar-refractivity contribution < 1.29 is 0 Å². The molecule has 0 saturated heterocycles. The van der Waals surface area contributed by atoms with Crippen molar-refractivity contribution in [3.63, 3.8) is 0 Å². The number of alkyl halides is 1. The minimum atomic E-state index is 0.000715. The molecular weight excluding hydrogens is 318 g/mol. The molecule has 1 saturated carbocycles. The fourth-order valence-corrected chi connectivity index (χ4v) is 3.66. The molecule has 1 heterocycles. The second-order valence-corrected chi connectivity index (χ2v) is 6.71. The van der Waals surface area contributed by atoms with Crippen LogP contribution in [0.4, 0.5) is 5.69 Å². The summed E-state index contributed by atoms with van der Waals surface area (Å²) in [5, 5.41) is 5.31. The van der Waals surface area contributed by atoms with Crippen molar-refractivity contribution in [2.24, 2.45) is 5.41 Å². The van der Waals surface area contributed by atoms with E-state index in [-0.39, 0.29) is 11.0 Å². The summed E-state index contributed by atoms with van der Waals surface area (Å²) in [5.74, 6) is 0. The zero-order chi connectivity index (χ0) is 14.6. The van der Waals surface area contributed by atoms with Gasteiger partial charge < -0.3 is 4.90 Å². The van der Waals surface area contributed by atoms with E-state index in [2.05, 4.69) is 21.0 Å². The van der Waals surface area contributed by atoms with Gasteiger partial charge in [-0.1, -0.05) is 41.6 Å². The highest BCUT2D eigenvalue weighted by atomic mass is 79.9.